The van der Waals surface area contributed by atoms with Crippen LogP contribution in [0.25, 0.3) is 0 Å². The lowest BCUT2D eigenvalue weighted by Gasteiger charge is -2.26. The average Bonchev–Trinajstić information content (AvgIpc) is 2.99. The van der Waals surface area contributed by atoms with Crippen molar-refractivity contribution in [1.82, 2.24) is 26.4 Å². The van der Waals surface area contributed by atoms with Gasteiger partial charge in [-0.2, -0.15) is 0 Å². The molecule has 0 amide bonds. The molecule has 21 heavy (non-hydrogen) atoms. The Balaban J connectivity index is 1.49. The number of rotatable bonds is 4. The Morgan fingerprint density at radius 1 is 1.05 bits per heavy atom. The smallest absolute Gasteiger partial charge is 0.185 e. The molecule has 0 radical (unpaired) electrons. The third-order valence-electron chi connectivity index (χ3n) is 3.80. The molecule has 1 aliphatic carbocycles. The van der Waals surface area contributed by atoms with Crippen molar-refractivity contribution in [2.75, 3.05) is 39.4 Å². The van der Waals surface area contributed by atoms with Gasteiger partial charge in [-0.15, -0.1) is 0 Å². The number of nitrogens with one attached hydrogen (secondary N) is 4. The number of thiocarbonyl (C=S) groups is 2. The first kappa shape index (κ1) is 16.7. The number of hydrogen-bond acceptors (Lipinski definition) is 4. The van der Waals surface area contributed by atoms with E-state index in [9.17, 15) is 0 Å². The molecule has 6 nitrogen and oxygen atoms in total. The maximum Gasteiger partial charge on any atom is 0.185 e. The quantitative estimate of drug-likeness (QED) is 0.428. The molecule has 0 bridgehead atoms. The molecule has 2 aliphatic rings. The van der Waals surface area contributed by atoms with Gasteiger partial charge < -0.3 is 15.4 Å². The number of hydrazine groups is 1. The number of hydrogen-bond donors (Lipinski definition) is 4. The van der Waals surface area contributed by atoms with Crippen LogP contribution in [0.2, 0.25) is 0 Å². The maximum absolute atomic E-state index is 5.32. The summed E-state index contributed by atoms with van der Waals surface area (Å²) in [5.41, 5.74) is 5.85. The molecule has 120 valence electrons. The predicted octanol–water partition coefficient (Wildman–Crippen LogP) is 0.104. The van der Waals surface area contributed by atoms with Crippen LogP contribution in [0.3, 0.4) is 0 Å². The van der Waals surface area contributed by atoms with Gasteiger partial charge in [0.15, 0.2) is 10.2 Å². The lowest BCUT2D eigenvalue weighted by atomic mass is 10.3. The summed E-state index contributed by atoms with van der Waals surface area (Å²) in [6, 6.07) is 0.509. The summed E-state index contributed by atoms with van der Waals surface area (Å²) in [6.45, 7) is 5.42. The molecule has 0 atom stereocenters. The van der Waals surface area contributed by atoms with Gasteiger partial charge in [0.2, 0.25) is 0 Å². The fourth-order valence-corrected chi connectivity index (χ4v) is 2.97. The highest BCUT2D eigenvalue weighted by molar-refractivity contribution is 7.80. The standard InChI is InChI=1S/C13H25N5OS2/c20-12(14-5-6-18-7-9-19-10-8-18)16-17-13(21)15-11-3-1-2-4-11/h11H,1-10H2,(H2,14,16,20)(H2,15,17,21). The summed E-state index contributed by atoms with van der Waals surface area (Å²) in [5, 5.41) is 7.64. The Morgan fingerprint density at radius 2 is 1.71 bits per heavy atom. The minimum atomic E-state index is 0.509. The summed E-state index contributed by atoms with van der Waals surface area (Å²) < 4.78 is 5.32. The zero-order chi connectivity index (χ0) is 14.9. The summed E-state index contributed by atoms with van der Waals surface area (Å²) >= 11 is 10.4. The van der Waals surface area contributed by atoms with E-state index in [-0.39, 0.29) is 0 Å². The molecule has 0 unspecified atom stereocenters. The van der Waals surface area contributed by atoms with Gasteiger partial charge in [0.25, 0.3) is 0 Å². The van der Waals surface area contributed by atoms with E-state index in [0.717, 1.165) is 39.4 Å². The van der Waals surface area contributed by atoms with Gasteiger partial charge in [0.1, 0.15) is 0 Å². The Morgan fingerprint density at radius 3 is 2.43 bits per heavy atom. The minimum Gasteiger partial charge on any atom is -0.379 e. The highest BCUT2D eigenvalue weighted by Gasteiger charge is 2.15. The summed E-state index contributed by atoms with van der Waals surface area (Å²) in [6.07, 6.45) is 4.97. The normalized spacial score (nSPS) is 20.0. The van der Waals surface area contributed by atoms with Crippen molar-refractivity contribution in [3.8, 4) is 0 Å². The molecule has 2 fully saturated rings. The minimum absolute atomic E-state index is 0.509. The first-order chi connectivity index (χ1) is 10.2. The second kappa shape index (κ2) is 9.34. The molecule has 1 heterocycles. The molecule has 1 saturated heterocycles. The number of ether oxygens (including phenoxy) is 1. The number of nitrogens with zero attached hydrogens (tertiary/aromatic N) is 1. The van der Waals surface area contributed by atoms with E-state index in [1.807, 2.05) is 0 Å². The van der Waals surface area contributed by atoms with E-state index in [4.69, 9.17) is 29.2 Å². The van der Waals surface area contributed by atoms with Crippen LogP contribution < -0.4 is 21.5 Å². The van der Waals surface area contributed by atoms with Gasteiger partial charge in [-0.1, -0.05) is 12.8 Å². The lowest BCUT2D eigenvalue weighted by molar-refractivity contribution is 0.0389. The highest BCUT2D eigenvalue weighted by atomic mass is 32.1. The summed E-state index contributed by atoms with van der Waals surface area (Å²) in [7, 11) is 0. The van der Waals surface area contributed by atoms with Gasteiger partial charge >= 0.3 is 0 Å². The number of morpholine rings is 1. The van der Waals surface area contributed by atoms with E-state index in [0.29, 0.717) is 16.3 Å². The van der Waals surface area contributed by atoms with E-state index >= 15 is 0 Å². The Hall–Kier alpha value is -0.700. The summed E-state index contributed by atoms with van der Waals surface area (Å²) in [4.78, 5) is 2.36. The zero-order valence-electron chi connectivity index (χ0n) is 12.3. The fourth-order valence-electron chi connectivity index (χ4n) is 2.60. The van der Waals surface area contributed by atoms with Gasteiger partial charge in [0.05, 0.1) is 13.2 Å². The third-order valence-corrected chi connectivity index (χ3v) is 4.26. The third kappa shape index (κ3) is 6.73. The van der Waals surface area contributed by atoms with Crippen LogP contribution in [-0.2, 0) is 4.74 Å². The van der Waals surface area contributed by atoms with Gasteiger partial charge in [-0.25, -0.2) is 0 Å². The van der Waals surface area contributed by atoms with Crippen LogP contribution in [0.4, 0.5) is 0 Å². The first-order valence-electron chi connectivity index (χ1n) is 7.64. The zero-order valence-corrected chi connectivity index (χ0v) is 14.0. The van der Waals surface area contributed by atoms with E-state index in [2.05, 4.69) is 26.4 Å². The van der Waals surface area contributed by atoms with E-state index in [1.54, 1.807) is 0 Å². The van der Waals surface area contributed by atoms with E-state index < -0.39 is 0 Å². The molecule has 0 aromatic heterocycles. The fraction of sp³-hybridized carbons (Fsp3) is 0.846. The average molecular weight is 332 g/mol. The second-order valence-electron chi connectivity index (χ2n) is 5.41. The van der Waals surface area contributed by atoms with Crippen LogP contribution in [0.1, 0.15) is 25.7 Å². The van der Waals surface area contributed by atoms with Crippen molar-refractivity contribution in [2.45, 2.75) is 31.7 Å². The maximum atomic E-state index is 5.32. The highest BCUT2D eigenvalue weighted by Crippen LogP contribution is 2.17. The van der Waals surface area contributed by atoms with Crippen molar-refractivity contribution >= 4 is 34.7 Å². The van der Waals surface area contributed by atoms with Crippen LogP contribution in [0, 0.1) is 0 Å². The second-order valence-corrected chi connectivity index (χ2v) is 6.23. The predicted molar refractivity (Wildman–Crippen MR) is 92.1 cm³/mol. The van der Waals surface area contributed by atoms with Crippen molar-refractivity contribution in [2.24, 2.45) is 0 Å². The monoisotopic (exact) mass is 331 g/mol. The van der Waals surface area contributed by atoms with E-state index in [1.165, 1.54) is 25.7 Å². The van der Waals surface area contributed by atoms with Crippen molar-refractivity contribution in [1.29, 1.82) is 0 Å². The van der Waals surface area contributed by atoms with Crippen LogP contribution in [-0.4, -0.2) is 60.6 Å². The van der Waals surface area contributed by atoms with Crippen LogP contribution in [0.5, 0.6) is 0 Å². The molecule has 0 aromatic rings. The van der Waals surface area contributed by atoms with Crippen molar-refractivity contribution in [3.05, 3.63) is 0 Å². The SMILES string of the molecule is S=C(NCCN1CCOCC1)NNC(=S)NC1CCCC1. The molecule has 0 spiro atoms. The van der Waals surface area contributed by atoms with Gasteiger partial charge in [-0.05, 0) is 37.3 Å². The van der Waals surface area contributed by atoms with Crippen LogP contribution in [0.15, 0.2) is 0 Å². The Labute approximate surface area is 137 Å². The lowest BCUT2D eigenvalue weighted by Crippen LogP contribution is -2.52. The first-order valence-corrected chi connectivity index (χ1v) is 8.46. The van der Waals surface area contributed by atoms with Gasteiger partial charge in [0, 0.05) is 32.2 Å². The molecule has 1 aliphatic heterocycles. The van der Waals surface area contributed by atoms with Gasteiger partial charge in [-0.3, -0.25) is 15.8 Å². The topological polar surface area (TPSA) is 60.6 Å². The molecule has 2 rings (SSSR count). The Kier molecular flexibility index (Phi) is 7.42. The largest absolute Gasteiger partial charge is 0.379 e. The molecule has 1 saturated carbocycles. The van der Waals surface area contributed by atoms with Crippen LogP contribution >= 0.6 is 24.4 Å². The Bertz CT molecular complexity index is 343. The van der Waals surface area contributed by atoms with Crippen molar-refractivity contribution in [3.63, 3.8) is 0 Å². The molecular weight excluding hydrogens is 306 g/mol. The molecular formula is C13H25N5OS2. The summed E-state index contributed by atoms with van der Waals surface area (Å²) in [5.74, 6) is 0. The van der Waals surface area contributed by atoms with Crippen molar-refractivity contribution < 1.29 is 4.74 Å². The molecule has 8 heteroatoms. The molecule has 0 aromatic carbocycles. The molecule has 4 N–H and O–H groups in total.